The Morgan fingerprint density at radius 1 is 1.24 bits per heavy atom. The molecule has 0 aliphatic carbocycles. The average Bonchev–Trinajstić information content (AvgIpc) is 2.36. The van der Waals surface area contributed by atoms with Gasteiger partial charge < -0.3 is 14.9 Å². The molecular formula is C14H20O3. The molecule has 0 bridgehead atoms. The van der Waals surface area contributed by atoms with Crippen molar-refractivity contribution >= 4 is 0 Å². The van der Waals surface area contributed by atoms with Gasteiger partial charge in [-0.3, -0.25) is 0 Å². The van der Waals surface area contributed by atoms with Crippen molar-refractivity contribution in [1.82, 2.24) is 0 Å². The summed E-state index contributed by atoms with van der Waals surface area (Å²) in [6.45, 7) is 4.50. The SMILES string of the molecule is C=C[C@H](O)C[C@H](O)CCOCc1ccccc1. The van der Waals surface area contributed by atoms with E-state index >= 15 is 0 Å². The predicted molar refractivity (Wildman–Crippen MR) is 67.5 cm³/mol. The second kappa shape index (κ2) is 8.01. The topological polar surface area (TPSA) is 49.7 Å². The van der Waals surface area contributed by atoms with Crippen LogP contribution in [0.25, 0.3) is 0 Å². The van der Waals surface area contributed by atoms with Gasteiger partial charge in [0.1, 0.15) is 0 Å². The summed E-state index contributed by atoms with van der Waals surface area (Å²) in [5.74, 6) is 0. The summed E-state index contributed by atoms with van der Waals surface area (Å²) in [4.78, 5) is 0. The summed E-state index contributed by atoms with van der Waals surface area (Å²) < 4.78 is 5.44. The zero-order valence-corrected chi connectivity index (χ0v) is 9.96. The molecule has 1 rings (SSSR count). The van der Waals surface area contributed by atoms with Crippen LogP contribution in [0.2, 0.25) is 0 Å². The van der Waals surface area contributed by atoms with Crippen LogP contribution in [-0.4, -0.2) is 29.0 Å². The van der Waals surface area contributed by atoms with Crippen LogP contribution >= 0.6 is 0 Å². The van der Waals surface area contributed by atoms with Gasteiger partial charge in [-0.05, 0) is 12.0 Å². The Hall–Kier alpha value is -1.16. The van der Waals surface area contributed by atoms with Gasteiger partial charge in [-0.15, -0.1) is 6.58 Å². The molecule has 94 valence electrons. The highest BCUT2D eigenvalue weighted by atomic mass is 16.5. The van der Waals surface area contributed by atoms with Crippen molar-refractivity contribution in [1.29, 1.82) is 0 Å². The summed E-state index contributed by atoms with van der Waals surface area (Å²) in [6.07, 6.45) is 1.09. The van der Waals surface area contributed by atoms with Crippen LogP contribution in [0.3, 0.4) is 0 Å². The predicted octanol–water partition coefficient (Wildman–Crippen LogP) is 1.89. The highest BCUT2D eigenvalue weighted by Gasteiger charge is 2.08. The average molecular weight is 236 g/mol. The molecule has 0 radical (unpaired) electrons. The number of aliphatic hydroxyl groups is 2. The lowest BCUT2D eigenvalue weighted by Gasteiger charge is -2.12. The van der Waals surface area contributed by atoms with E-state index in [1.807, 2.05) is 30.3 Å². The first kappa shape index (κ1) is 13.9. The van der Waals surface area contributed by atoms with Gasteiger partial charge in [0.15, 0.2) is 0 Å². The quantitative estimate of drug-likeness (QED) is 0.535. The fourth-order valence-electron chi connectivity index (χ4n) is 1.48. The first-order valence-corrected chi connectivity index (χ1v) is 5.82. The van der Waals surface area contributed by atoms with Crippen LogP contribution in [0.4, 0.5) is 0 Å². The van der Waals surface area contributed by atoms with Gasteiger partial charge in [0.05, 0.1) is 18.8 Å². The minimum atomic E-state index is -0.640. The summed E-state index contributed by atoms with van der Waals surface area (Å²) in [5.41, 5.74) is 1.12. The third-order valence-electron chi connectivity index (χ3n) is 2.49. The molecule has 3 nitrogen and oxygen atoms in total. The lowest BCUT2D eigenvalue weighted by atomic mass is 10.1. The molecule has 3 heteroatoms. The van der Waals surface area contributed by atoms with Crippen molar-refractivity contribution in [3.8, 4) is 0 Å². The first-order chi connectivity index (χ1) is 8.22. The van der Waals surface area contributed by atoms with Gasteiger partial charge in [0, 0.05) is 13.0 Å². The highest BCUT2D eigenvalue weighted by Crippen LogP contribution is 2.05. The zero-order valence-electron chi connectivity index (χ0n) is 9.96. The monoisotopic (exact) mass is 236 g/mol. The minimum absolute atomic E-state index is 0.318. The Bertz CT molecular complexity index is 311. The second-order valence-corrected chi connectivity index (χ2v) is 4.02. The maximum atomic E-state index is 9.56. The van der Waals surface area contributed by atoms with Gasteiger partial charge in [-0.2, -0.15) is 0 Å². The molecular weight excluding hydrogens is 216 g/mol. The molecule has 0 aliphatic heterocycles. The fourth-order valence-corrected chi connectivity index (χ4v) is 1.48. The molecule has 0 heterocycles. The van der Waals surface area contributed by atoms with Crippen LogP contribution in [0, 0.1) is 0 Å². The molecule has 0 spiro atoms. The Balaban J connectivity index is 2.10. The van der Waals surface area contributed by atoms with E-state index in [9.17, 15) is 10.2 Å². The van der Waals surface area contributed by atoms with Crippen LogP contribution in [-0.2, 0) is 11.3 Å². The van der Waals surface area contributed by atoms with Gasteiger partial charge in [-0.1, -0.05) is 36.4 Å². The largest absolute Gasteiger partial charge is 0.393 e. The summed E-state index contributed by atoms with van der Waals surface area (Å²) in [6, 6.07) is 9.89. The van der Waals surface area contributed by atoms with Gasteiger partial charge in [0.2, 0.25) is 0 Å². The van der Waals surface area contributed by atoms with E-state index in [-0.39, 0.29) is 0 Å². The van der Waals surface area contributed by atoms with Crippen molar-refractivity contribution in [2.45, 2.75) is 31.7 Å². The molecule has 17 heavy (non-hydrogen) atoms. The van der Waals surface area contributed by atoms with Crippen molar-refractivity contribution in [3.05, 3.63) is 48.6 Å². The number of ether oxygens (including phenoxy) is 1. The molecule has 2 N–H and O–H groups in total. The van der Waals surface area contributed by atoms with E-state index in [2.05, 4.69) is 6.58 Å². The van der Waals surface area contributed by atoms with Crippen LogP contribution in [0.15, 0.2) is 43.0 Å². The number of aliphatic hydroxyl groups excluding tert-OH is 2. The van der Waals surface area contributed by atoms with E-state index in [1.54, 1.807) is 0 Å². The summed E-state index contributed by atoms with van der Waals surface area (Å²) in [5, 5.41) is 18.8. The molecule has 1 aromatic rings. The van der Waals surface area contributed by atoms with Crippen LogP contribution in [0.1, 0.15) is 18.4 Å². The van der Waals surface area contributed by atoms with E-state index in [0.717, 1.165) is 5.56 Å². The molecule has 0 amide bonds. The van der Waals surface area contributed by atoms with Crippen molar-refractivity contribution < 1.29 is 14.9 Å². The lowest BCUT2D eigenvalue weighted by Crippen LogP contribution is -2.17. The number of hydrogen-bond acceptors (Lipinski definition) is 3. The van der Waals surface area contributed by atoms with E-state index < -0.39 is 12.2 Å². The van der Waals surface area contributed by atoms with Gasteiger partial charge in [0.25, 0.3) is 0 Å². The Morgan fingerprint density at radius 3 is 2.59 bits per heavy atom. The zero-order chi connectivity index (χ0) is 12.5. The van der Waals surface area contributed by atoms with E-state index in [4.69, 9.17) is 4.74 Å². The molecule has 2 atom stereocenters. The van der Waals surface area contributed by atoms with Crippen molar-refractivity contribution in [2.24, 2.45) is 0 Å². The van der Waals surface area contributed by atoms with Crippen molar-refractivity contribution in [3.63, 3.8) is 0 Å². The number of benzene rings is 1. The van der Waals surface area contributed by atoms with Crippen LogP contribution in [0.5, 0.6) is 0 Å². The van der Waals surface area contributed by atoms with Crippen molar-refractivity contribution in [2.75, 3.05) is 6.61 Å². The third kappa shape index (κ3) is 6.22. The molecule has 0 saturated heterocycles. The van der Waals surface area contributed by atoms with Crippen LogP contribution < -0.4 is 0 Å². The highest BCUT2D eigenvalue weighted by molar-refractivity contribution is 5.13. The third-order valence-corrected chi connectivity index (χ3v) is 2.49. The van der Waals surface area contributed by atoms with Gasteiger partial charge >= 0.3 is 0 Å². The molecule has 0 saturated carbocycles. The smallest absolute Gasteiger partial charge is 0.0742 e. The Morgan fingerprint density at radius 2 is 1.94 bits per heavy atom. The van der Waals surface area contributed by atoms with E-state index in [0.29, 0.717) is 26.1 Å². The molecule has 1 aromatic carbocycles. The van der Waals surface area contributed by atoms with Gasteiger partial charge in [-0.25, -0.2) is 0 Å². The molecule has 0 fully saturated rings. The minimum Gasteiger partial charge on any atom is -0.393 e. The molecule has 0 unspecified atom stereocenters. The van der Waals surface area contributed by atoms with E-state index in [1.165, 1.54) is 6.08 Å². The normalized spacial score (nSPS) is 14.2. The standard InChI is InChI=1S/C14H20O3/c1-2-13(15)10-14(16)8-9-17-11-12-6-4-3-5-7-12/h2-7,13-16H,1,8-11H2/t13-,14+/m0/s1. The second-order valence-electron chi connectivity index (χ2n) is 4.02. The number of hydrogen-bond donors (Lipinski definition) is 2. The Labute approximate surface area is 102 Å². The molecule has 0 aliphatic rings. The fraction of sp³-hybridized carbons (Fsp3) is 0.429. The first-order valence-electron chi connectivity index (χ1n) is 5.82. The summed E-state index contributed by atoms with van der Waals surface area (Å²) >= 11 is 0. The Kier molecular flexibility index (Phi) is 6.55. The number of rotatable bonds is 8. The lowest BCUT2D eigenvalue weighted by molar-refractivity contribution is 0.0517. The molecule has 0 aromatic heterocycles. The maximum absolute atomic E-state index is 9.56. The maximum Gasteiger partial charge on any atom is 0.0742 e. The summed E-state index contributed by atoms with van der Waals surface area (Å²) in [7, 11) is 0.